The quantitative estimate of drug-likeness (QED) is 0.622. The molecule has 0 aliphatic rings. The molecule has 0 heterocycles. The summed E-state index contributed by atoms with van der Waals surface area (Å²) >= 11 is 0. The van der Waals surface area contributed by atoms with Crippen molar-refractivity contribution in [3.05, 3.63) is 42.5 Å². The van der Waals surface area contributed by atoms with E-state index >= 15 is 0 Å². The Balaban J connectivity index is 0.00000196. The summed E-state index contributed by atoms with van der Waals surface area (Å²) in [5.74, 6) is 0. The summed E-state index contributed by atoms with van der Waals surface area (Å²) < 4.78 is 27.7. The molecule has 0 saturated heterocycles. The minimum atomic E-state index is -3.62. The molecule has 1 aromatic rings. The van der Waals surface area contributed by atoms with Crippen LogP contribution in [0.1, 0.15) is 6.92 Å². The summed E-state index contributed by atoms with van der Waals surface area (Å²) in [6.07, 6.45) is 0. The first-order chi connectivity index (χ1) is 6.52. The average molecular weight is 299 g/mol. The molecule has 0 aromatic heterocycles. The van der Waals surface area contributed by atoms with Crippen LogP contribution in [-0.4, -0.2) is 73.2 Å². The molecule has 1 aromatic carbocycles. The maximum absolute atomic E-state index is 11.5. The van der Waals surface area contributed by atoms with E-state index in [2.05, 4.69) is 6.58 Å². The predicted octanol–water partition coefficient (Wildman–Crippen LogP) is 1.32. The van der Waals surface area contributed by atoms with Gasteiger partial charge < -0.3 is 0 Å². The van der Waals surface area contributed by atoms with E-state index in [0.717, 1.165) is 0 Å². The van der Waals surface area contributed by atoms with Crippen molar-refractivity contribution in [3.8, 4) is 0 Å². The first-order valence-corrected chi connectivity index (χ1v) is 5.52. The second-order valence-corrected chi connectivity index (χ2v) is 4.60. The summed E-state index contributed by atoms with van der Waals surface area (Å²) in [6.45, 7) is 5.30. The fourth-order valence-electron chi connectivity index (χ4n) is 0.833. The first kappa shape index (κ1) is 15.7. The molecule has 0 amide bonds. The van der Waals surface area contributed by atoms with Crippen molar-refractivity contribution in [1.82, 2.24) is 0 Å². The van der Waals surface area contributed by atoms with Crippen LogP contribution in [-0.2, 0) is 14.3 Å². The SMILES string of the molecule is C=C(C)COS(=O)(=O)c1ccccc1.[RbH]. The summed E-state index contributed by atoms with van der Waals surface area (Å²) in [7, 11) is -3.62. The Kier molecular flexibility index (Phi) is 7.41. The van der Waals surface area contributed by atoms with Gasteiger partial charge in [-0.3, -0.25) is 4.18 Å². The Morgan fingerprint density at radius 3 is 2.33 bits per heavy atom. The van der Waals surface area contributed by atoms with Gasteiger partial charge in [0.15, 0.2) is 0 Å². The molecule has 0 aliphatic carbocycles. The molecule has 0 fully saturated rings. The number of hydrogen-bond acceptors (Lipinski definition) is 3. The summed E-state index contributed by atoms with van der Waals surface area (Å²) in [5, 5.41) is 0. The van der Waals surface area contributed by atoms with Gasteiger partial charge in [0.05, 0.1) is 11.5 Å². The van der Waals surface area contributed by atoms with Gasteiger partial charge in [0.1, 0.15) is 0 Å². The molecule has 0 atom stereocenters. The Bertz CT molecular complexity index is 412. The van der Waals surface area contributed by atoms with Gasteiger partial charge in [-0.15, -0.1) is 0 Å². The monoisotopic (exact) mass is 298 g/mol. The Hall–Kier alpha value is 0.675. The van der Waals surface area contributed by atoms with Crippen molar-refractivity contribution < 1.29 is 12.6 Å². The van der Waals surface area contributed by atoms with E-state index in [1.54, 1.807) is 25.1 Å². The minimum absolute atomic E-state index is 0. The van der Waals surface area contributed by atoms with Gasteiger partial charge >= 0.3 is 58.2 Å². The predicted molar refractivity (Wildman–Crippen MR) is 61.5 cm³/mol. The molecule has 3 nitrogen and oxygen atoms in total. The van der Waals surface area contributed by atoms with Crippen LogP contribution in [0.25, 0.3) is 0 Å². The zero-order valence-electron chi connectivity index (χ0n) is 7.93. The second kappa shape index (κ2) is 7.09. The molecular formula is C10H13O3RbS. The third-order valence-corrected chi connectivity index (χ3v) is 2.77. The Morgan fingerprint density at radius 2 is 1.87 bits per heavy atom. The Morgan fingerprint density at radius 1 is 1.33 bits per heavy atom. The van der Waals surface area contributed by atoms with Crippen LogP contribution in [0.3, 0.4) is 0 Å². The van der Waals surface area contributed by atoms with E-state index in [1.165, 1.54) is 12.1 Å². The second-order valence-electron chi connectivity index (χ2n) is 2.99. The van der Waals surface area contributed by atoms with Gasteiger partial charge in [-0.1, -0.05) is 30.4 Å². The van der Waals surface area contributed by atoms with Crippen molar-refractivity contribution in [3.63, 3.8) is 0 Å². The molecule has 0 unspecified atom stereocenters. The molecule has 0 N–H and O–H groups in total. The van der Waals surface area contributed by atoms with Gasteiger partial charge in [0, 0.05) is 0 Å². The van der Waals surface area contributed by atoms with E-state index in [0.29, 0.717) is 5.57 Å². The van der Waals surface area contributed by atoms with Gasteiger partial charge in [-0.25, -0.2) is 0 Å². The number of rotatable bonds is 4. The first-order valence-electron chi connectivity index (χ1n) is 4.11. The normalized spacial score (nSPS) is 10.5. The van der Waals surface area contributed by atoms with Gasteiger partial charge in [0.2, 0.25) is 0 Å². The van der Waals surface area contributed by atoms with Gasteiger partial charge in [-0.2, -0.15) is 8.42 Å². The zero-order valence-corrected chi connectivity index (χ0v) is 8.75. The van der Waals surface area contributed by atoms with Crippen molar-refractivity contribution in [2.45, 2.75) is 11.8 Å². The van der Waals surface area contributed by atoms with Gasteiger partial charge in [0.25, 0.3) is 10.1 Å². The van der Waals surface area contributed by atoms with E-state index in [4.69, 9.17) is 4.18 Å². The van der Waals surface area contributed by atoms with Crippen LogP contribution < -0.4 is 0 Å². The van der Waals surface area contributed by atoms with Crippen LogP contribution in [0.5, 0.6) is 0 Å². The zero-order chi connectivity index (χ0) is 10.6. The van der Waals surface area contributed by atoms with E-state index in [1.807, 2.05) is 0 Å². The van der Waals surface area contributed by atoms with Gasteiger partial charge in [-0.05, 0) is 19.1 Å². The molecule has 0 spiro atoms. The topological polar surface area (TPSA) is 43.4 Å². The molecule has 1 rings (SSSR count). The van der Waals surface area contributed by atoms with Crippen LogP contribution in [0.15, 0.2) is 47.4 Å². The Labute approximate surface area is 139 Å². The van der Waals surface area contributed by atoms with Crippen LogP contribution >= 0.6 is 0 Å². The molecule has 5 heteroatoms. The molecule has 0 radical (unpaired) electrons. The van der Waals surface area contributed by atoms with E-state index < -0.39 is 10.1 Å². The summed E-state index contributed by atoms with van der Waals surface area (Å²) in [4.78, 5) is 0.168. The van der Waals surface area contributed by atoms with Crippen molar-refractivity contribution >= 4 is 68.3 Å². The van der Waals surface area contributed by atoms with E-state index in [9.17, 15) is 8.42 Å². The molecule has 78 valence electrons. The van der Waals surface area contributed by atoms with Crippen molar-refractivity contribution in [2.24, 2.45) is 0 Å². The van der Waals surface area contributed by atoms with Crippen LogP contribution in [0, 0.1) is 0 Å². The fraction of sp³-hybridized carbons (Fsp3) is 0.200. The van der Waals surface area contributed by atoms with Crippen LogP contribution in [0.4, 0.5) is 0 Å². The molecule has 15 heavy (non-hydrogen) atoms. The molecule has 0 bridgehead atoms. The maximum atomic E-state index is 11.5. The summed E-state index contributed by atoms with van der Waals surface area (Å²) in [6, 6.07) is 8.04. The third-order valence-electron chi connectivity index (χ3n) is 1.49. The molecular weight excluding hydrogens is 286 g/mol. The third kappa shape index (κ3) is 5.52. The molecule has 0 aliphatic heterocycles. The number of benzene rings is 1. The summed E-state index contributed by atoms with van der Waals surface area (Å²) in [5.41, 5.74) is 0.671. The van der Waals surface area contributed by atoms with Crippen molar-refractivity contribution in [2.75, 3.05) is 6.61 Å². The fourth-order valence-corrected chi connectivity index (χ4v) is 1.82. The van der Waals surface area contributed by atoms with Crippen LogP contribution in [0.2, 0.25) is 0 Å². The average Bonchev–Trinajstić information content (AvgIpc) is 2.16. The van der Waals surface area contributed by atoms with Crippen molar-refractivity contribution in [1.29, 1.82) is 0 Å². The number of hydrogen-bond donors (Lipinski definition) is 0. The van der Waals surface area contributed by atoms with E-state index in [-0.39, 0.29) is 69.7 Å². The molecule has 0 saturated carbocycles. The standard InChI is InChI=1S/C10H12O3S.Rb.H/c1-9(2)8-13-14(11,12)10-6-4-3-5-7-10;;/h3-7H,1,8H2,2H3;;.